The van der Waals surface area contributed by atoms with Crippen LogP contribution in [0.4, 0.5) is 0 Å². The van der Waals surface area contributed by atoms with Crippen LogP contribution in [0.3, 0.4) is 0 Å². The summed E-state index contributed by atoms with van der Waals surface area (Å²) in [7, 11) is 0. The Bertz CT molecular complexity index is 405. The second-order valence-corrected chi connectivity index (χ2v) is 4.58. The van der Waals surface area contributed by atoms with Gasteiger partial charge in [-0.3, -0.25) is 4.98 Å². The van der Waals surface area contributed by atoms with Gasteiger partial charge in [-0.15, -0.1) is 0 Å². The molecule has 0 saturated heterocycles. The molecule has 0 aliphatic heterocycles. The molecule has 3 nitrogen and oxygen atoms in total. The quantitative estimate of drug-likeness (QED) is 0.624. The number of hydrogen-bond donors (Lipinski definition) is 1. The van der Waals surface area contributed by atoms with Gasteiger partial charge in [-0.05, 0) is 20.3 Å². The predicted molar refractivity (Wildman–Crippen MR) is 74.6 cm³/mol. The first-order chi connectivity index (χ1) is 8.06. The van der Waals surface area contributed by atoms with E-state index in [1.165, 1.54) is 12.8 Å². The summed E-state index contributed by atoms with van der Waals surface area (Å²) in [5, 5.41) is 0. The summed E-state index contributed by atoms with van der Waals surface area (Å²) >= 11 is 5.04. The Morgan fingerprint density at radius 3 is 2.71 bits per heavy atom. The Balaban J connectivity index is 2.85. The summed E-state index contributed by atoms with van der Waals surface area (Å²) in [6.45, 7) is 6.71. The zero-order valence-corrected chi connectivity index (χ0v) is 11.6. The summed E-state index contributed by atoms with van der Waals surface area (Å²) in [6, 6.07) is 1.90. The lowest BCUT2D eigenvalue weighted by molar-refractivity contribution is 0.305. The van der Waals surface area contributed by atoms with Crippen molar-refractivity contribution < 1.29 is 4.74 Å². The highest BCUT2D eigenvalue weighted by atomic mass is 32.1. The topological polar surface area (TPSA) is 48.1 Å². The molecule has 0 saturated carbocycles. The number of ether oxygens (including phenoxy) is 1. The molecule has 0 radical (unpaired) electrons. The van der Waals surface area contributed by atoms with E-state index in [9.17, 15) is 0 Å². The summed E-state index contributed by atoms with van der Waals surface area (Å²) < 4.78 is 5.75. The molecule has 0 fully saturated rings. The third-order valence-electron chi connectivity index (χ3n) is 2.54. The fourth-order valence-corrected chi connectivity index (χ4v) is 1.99. The average Bonchev–Trinajstić information content (AvgIpc) is 2.22. The SMILES string of the molecule is CCCCCOc1cc(C)nc(C)c1C(N)=S. The van der Waals surface area contributed by atoms with Gasteiger partial charge >= 0.3 is 0 Å². The van der Waals surface area contributed by atoms with Crippen molar-refractivity contribution >= 4 is 17.2 Å². The van der Waals surface area contributed by atoms with Crippen molar-refractivity contribution in [1.82, 2.24) is 4.98 Å². The Morgan fingerprint density at radius 2 is 2.12 bits per heavy atom. The van der Waals surface area contributed by atoms with E-state index in [1.54, 1.807) is 0 Å². The average molecular weight is 252 g/mol. The number of unbranched alkanes of at least 4 members (excludes halogenated alkanes) is 2. The highest BCUT2D eigenvalue weighted by Crippen LogP contribution is 2.22. The number of nitrogens with two attached hydrogens (primary N) is 1. The van der Waals surface area contributed by atoms with E-state index >= 15 is 0 Å². The van der Waals surface area contributed by atoms with Gasteiger partial charge in [-0.2, -0.15) is 0 Å². The van der Waals surface area contributed by atoms with Crippen LogP contribution in [0.1, 0.15) is 43.1 Å². The number of nitrogens with zero attached hydrogens (tertiary/aromatic N) is 1. The van der Waals surface area contributed by atoms with Crippen LogP contribution in [0.5, 0.6) is 5.75 Å². The third kappa shape index (κ3) is 3.97. The van der Waals surface area contributed by atoms with E-state index in [1.807, 2.05) is 19.9 Å². The van der Waals surface area contributed by atoms with Crippen LogP contribution >= 0.6 is 12.2 Å². The molecule has 17 heavy (non-hydrogen) atoms. The van der Waals surface area contributed by atoms with E-state index in [0.717, 1.165) is 29.1 Å². The molecule has 1 heterocycles. The third-order valence-corrected chi connectivity index (χ3v) is 2.75. The molecule has 0 bridgehead atoms. The monoisotopic (exact) mass is 252 g/mol. The van der Waals surface area contributed by atoms with E-state index in [4.69, 9.17) is 22.7 Å². The van der Waals surface area contributed by atoms with Gasteiger partial charge in [0.15, 0.2) is 0 Å². The summed E-state index contributed by atoms with van der Waals surface area (Å²) in [6.07, 6.45) is 3.40. The first-order valence-electron chi connectivity index (χ1n) is 5.97. The van der Waals surface area contributed by atoms with Crippen molar-refractivity contribution in [3.05, 3.63) is 23.0 Å². The van der Waals surface area contributed by atoms with Crippen LogP contribution in [-0.2, 0) is 0 Å². The number of aryl methyl sites for hydroxylation is 2. The zero-order chi connectivity index (χ0) is 12.8. The fourth-order valence-electron chi connectivity index (χ4n) is 1.74. The smallest absolute Gasteiger partial charge is 0.133 e. The van der Waals surface area contributed by atoms with Crippen LogP contribution in [0.15, 0.2) is 6.07 Å². The minimum absolute atomic E-state index is 0.348. The first kappa shape index (κ1) is 13.9. The van der Waals surface area contributed by atoms with Gasteiger partial charge in [-0.25, -0.2) is 0 Å². The largest absolute Gasteiger partial charge is 0.493 e. The fraction of sp³-hybridized carbons (Fsp3) is 0.538. The van der Waals surface area contributed by atoms with Crippen molar-refractivity contribution in [1.29, 1.82) is 0 Å². The van der Waals surface area contributed by atoms with Crippen LogP contribution in [0.25, 0.3) is 0 Å². The molecule has 0 atom stereocenters. The van der Waals surface area contributed by atoms with Crippen molar-refractivity contribution in [2.75, 3.05) is 6.61 Å². The highest BCUT2D eigenvalue weighted by molar-refractivity contribution is 7.80. The molecule has 0 spiro atoms. The van der Waals surface area contributed by atoms with Crippen LogP contribution in [0.2, 0.25) is 0 Å². The molecular formula is C13H20N2OS. The van der Waals surface area contributed by atoms with Gasteiger partial charge in [0.1, 0.15) is 10.7 Å². The molecule has 1 rings (SSSR count). The molecule has 0 unspecified atom stereocenters. The van der Waals surface area contributed by atoms with E-state index in [2.05, 4.69) is 11.9 Å². The second-order valence-electron chi connectivity index (χ2n) is 4.14. The van der Waals surface area contributed by atoms with Gasteiger partial charge in [0.2, 0.25) is 0 Å². The van der Waals surface area contributed by atoms with Crippen LogP contribution in [0, 0.1) is 13.8 Å². The molecule has 94 valence electrons. The number of pyridine rings is 1. The molecule has 0 aromatic carbocycles. The molecule has 1 aromatic rings. The maximum Gasteiger partial charge on any atom is 0.133 e. The van der Waals surface area contributed by atoms with Crippen LogP contribution < -0.4 is 10.5 Å². The lowest BCUT2D eigenvalue weighted by atomic mass is 10.1. The lowest BCUT2D eigenvalue weighted by Crippen LogP contribution is -2.15. The van der Waals surface area contributed by atoms with Gasteiger partial charge < -0.3 is 10.5 Å². The normalized spacial score (nSPS) is 10.3. The minimum atomic E-state index is 0.348. The van der Waals surface area contributed by atoms with E-state index in [0.29, 0.717) is 11.6 Å². The molecular weight excluding hydrogens is 232 g/mol. The summed E-state index contributed by atoms with van der Waals surface area (Å²) in [4.78, 5) is 4.70. The molecule has 2 N–H and O–H groups in total. The van der Waals surface area contributed by atoms with Crippen molar-refractivity contribution in [2.24, 2.45) is 5.73 Å². The Hall–Kier alpha value is -1.16. The van der Waals surface area contributed by atoms with Crippen molar-refractivity contribution in [2.45, 2.75) is 40.0 Å². The summed E-state index contributed by atoms with van der Waals surface area (Å²) in [5.74, 6) is 0.763. The number of rotatable bonds is 6. The van der Waals surface area contributed by atoms with E-state index in [-0.39, 0.29) is 0 Å². The first-order valence-corrected chi connectivity index (χ1v) is 6.38. The molecule has 1 aromatic heterocycles. The predicted octanol–water partition coefficient (Wildman–Crippen LogP) is 2.90. The number of thiocarbonyl (C=S) groups is 1. The second kappa shape index (κ2) is 6.55. The highest BCUT2D eigenvalue weighted by Gasteiger charge is 2.12. The maximum absolute atomic E-state index is 5.75. The van der Waals surface area contributed by atoms with Crippen LogP contribution in [-0.4, -0.2) is 16.6 Å². The van der Waals surface area contributed by atoms with Gasteiger partial charge in [0.05, 0.1) is 17.9 Å². The molecule has 0 aliphatic rings. The van der Waals surface area contributed by atoms with Gasteiger partial charge in [0.25, 0.3) is 0 Å². The van der Waals surface area contributed by atoms with Crippen molar-refractivity contribution in [3.8, 4) is 5.75 Å². The molecule has 0 amide bonds. The Labute approximate surface area is 108 Å². The number of aromatic nitrogens is 1. The standard InChI is InChI=1S/C13H20N2OS/c1-4-5-6-7-16-11-8-9(2)15-10(3)12(11)13(14)17/h8H,4-7H2,1-3H3,(H2,14,17). The maximum atomic E-state index is 5.75. The molecule has 0 aliphatic carbocycles. The zero-order valence-electron chi connectivity index (χ0n) is 10.7. The van der Waals surface area contributed by atoms with Gasteiger partial charge in [-0.1, -0.05) is 32.0 Å². The van der Waals surface area contributed by atoms with Crippen molar-refractivity contribution in [3.63, 3.8) is 0 Å². The Kier molecular flexibility index (Phi) is 5.35. The summed E-state index contributed by atoms with van der Waals surface area (Å²) in [5.41, 5.74) is 8.23. The minimum Gasteiger partial charge on any atom is -0.493 e. The Morgan fingerprint density at radius 1 is 1.41 bits per heavy atom. The van der Waals surface area contributed by atoms with Gasteiger partial charge in [0, 0.05) is 11.8 Å². The number of hydrogen-bond acceptors (Lipinski definition) is 3. The lowest BCUT2D eigenvalue weighted by Gasteiger charge is -2.13. The molecule has 4 heteroatoms. The van der Waals surface area contributed by atoms with E-state index < -0.39 is 0 Å².